The molecular formula is C9H16ClN5. The van der Waals surface area contributed by atoms with E-state index in [4.69, 9.17) is 17.4 Å². The highest BCUT2D eigenvalue weighted by atomic mass is 35.5. The minimum atomic E-state index is 0.379. The maximum absolute atomic E-state index is 6.03. The molecular weight excluding hydrogens is 214 g/mol. The van der Waals surface area contributed by atoms with Gasteiger partial charge in [-0.2, -0.15) is 4.98 Å². The first-order chi connectivity index (χ1) is 7.22. The molecule has 0 fully saturated rings. The van der Waals surface area contributed by atoms with Gasteiger partial charge in [0, 0.05) is 13.1 Å². The van der Waals surface area contributed by atoms with Gasteiger partial charge in [0.2, 0.25) is 5.95 Å². The number of halogens is 1. The fraction of sp³-hybridized carbons (Fsp3) is 0.556. The molecule has 0 saturated carbocycles. The normalized spacial score (nSPS) is 10.1. The Balaban J connectivity index is 2.98. The van der Waals surface area contributed by atoms with Crippen LogP contribution in [0.5, 0.6) is 0 Å². The van der Waals surface area contributed by atoms with Crippen LogP contribution in [0.4, 0.5) is 11.8 Å². The molecule has 0 unspecified atom stereocenters. The molecule has 0 saturated heterocycles. The summed E-state index contributed by atoms with van der Waals surface area (Å²) in [6.07, 6.45) is 2.59. The quantitative estimate of drug-likeness (QED) is 0.594. The summed E-state index contributed by atoms with van der Waals surface area (Å²) in [7, 11) is 0. The van der Waals surface area contributed by atoms with E-state index in [9.17, 15) is 0 Å². The zero-order chi connectivity index (χ0) is 11.3. The summed E-state index contributed by atoms with van der Waals surface area (Å²) in [5.41, 5.74) is 2.41. The lowest BCUT2D eigenvalue weighted by Crippen LogP contribution is -2.25. The van der Waals surface area contributed by atoms with Gasteiger partial charge in [-0.15, -0.1) is 0 Å². The number of nitrogen functional groups attached to an aromatic ring is 1. The smallest absolute Gasteiger partial charge is 0.239 e. The van der Waals surface area contributed by atoms with Crippen molar-refractivity contribution in [1.29, 1.82) is 0 Å². The number of aromatic nitrogens is 2. The van der Waals surface area contributed by atoms with Crippen molar-refractivity contribution in [2.24, 2.45) is 5.84 Å². The van der Waals surface area contributed by atoms with Gasteiger partial charge >= 0.3 is 0 Å². The molecule has 0 radical (unpaired) electrons. The predicted octanol–water partition coefficient (Wildman–Crippen LogP) is 1.65. The van der Waals surface area contributed by atoms with Crippen LogP contribution in [0.1, 0.15) is 20.3 Å². The van der Waals surface area contributed by atoms with E-state index in [1.54, 1.807) is 6.20 Å². The van der Waals surface area contributed by atoms with Crippen LogP contribution in [0.25, 0.3) is 0 Å². The third-order valence-corrected chi connectivity index (χ3v) is 2.30. The molecule has 0 bridgehead atoms. The molecule has 1 rings (SSSR count). The minimum absolute atomic E-state index is 0.379. The van der Waals surface area contributed by atoms with Gasteiger partial charge in [0.1, 0.15) is 5.02 Å². The Bertz CT molecular complexity index is 317. The average molecular weight is 230 g/mol. The van der Waals surface area contributed by atoms with Crippen molar-refractivity contribution in [3.8, 4) is 0 Å². The molecule has 6 heteroatoms. The molecule has 0 aliphatic heterocycles. The van der Waals surface area contributed by atoms with Crippen LogP contribution in [-0.4, -0.2) is 23.1 Å². The summed E-state index contributed by atoms with van der Waals surface area (Å²) < 4.78 is 0. The molecule has 5 nitrogen and oxygen atoms in total. The van der Waals surface area contributed by atoms with E-state index < -0.39 is 0 Å². The van der Waals surface area contributed by atoms with Gasteiger partial charge in [0.05, 0.1) is 6.20 Å². The first-order valence-electron chi connectivity index (χ1n) is 4.97. The van der Waals surface area contributed by atoms with Gasteiger partial charge in [-0.3, -0.25) is 5.43 Å². The number of hydrogen-bond acceptors (Lipinski definition) is 5. The Morgan fingerprint density at radius 3 is 2.80 bits per heavy atom. The number of nitrogens with zero attached hydrogens (tertiary/aromatic N) is 3. The van der Waals surface area contributed by atoms with E-state index in [0.29, 0.717) is 11.0 Å². The lowest BCUT2D eigenvalue weighted by atomic mass is 10.4. The highest BCUT2D eigenvalue weighted by Gasteiger charge is 2.11. The third-order valence-electron chi connectivity index (χ3n) is 2.03. The van der Waals surface area contributed by atoms with Crippen LogP contribution in [0, 0.1) is 0 Å². The SMILES string of the molecule is CCCN(CC)c1nc(NN)ncc1Cl. The van der Waals surface area contributed by atoms with Gasteiger partial charge in [0.15, 0.2) is 5.82 Å². The van der Waals surface area contributed by atoms with Crippen LogP contribution < -0.4 is 16.2 Å². The predicted molar refractivity (Wildman–Crippen MR) is 63.0 cm³/mol. The fourth-order valence-electron chi connectivity index (χ4n) is 1.33. The first kappa shape index (κ1) is 12.0. The Morgan fingerprint density at radius 2 is 2.27 bits per heavy atom. The van der Waals surface area contributed by atoms with E-state index in [0.717, 1.165) is 25.3 Å². The lowest BCUT2D eigenvalue weighted by Gasteiger charge is -2.22. The largest absolute Gasteiger partial charge is 0.356 e. The van der Waals surface area contributed by atoms with Crippen molar-refractivity contribution in [3.05, 3.63) is 11.2 Å². The van der Waals surface area contributed by atoms with E-state index in [2.05, 4.69) is 34.1 Å². The number of hydrazine groups is 1. The second-order valence-electron chi connectivity index (χ2n) is 3.09. The molecule has 0 aliphatic rings. The Kier molecular flexibility index (Phi) is 4.58. The fourth-order valence-corrected chi connectivity index (χ4v) is 1.54. The third kappa shape index (κ3) is 2.94. The molecule has 84 valence electrons. The Labute approximate surface area is 94.6 Å². The summed E-state index contributed by atoms with van der Waals surface area (Å²) in [6, 6.07) is 0. The van der Waals surface area contributed by atoms with Gasteiger partial charge in [-0.05, 0) is 13.3 Å². The van der Waals surface area contributed by atoms with Gasteiger partial charge in [-0.1, -0.05) is 18.5 Å². The van der Waals surface area contributed by atoms with Crippen LogP contribution in [0.2, 0.25) is 5.02 Å². The molecule has 0 atom stereocenters. The maximum atomic E-state index is 6.03. The van der Waals surface area contributed by atoms with E-state index >= 15 is 0 Å². The number of anilines is 2. The molecule has 0 spiro atoms. The number of hydrogen-bond donors (Lipinski definition) is 2. The standard InChI is InChI=1S/C9H16ClN5/c1-3-5-15(4-2)8-7(10)6-12-9(13-8)14-11/h6H,3-5,11H2,1-2H3,(H,12,13,14). The molecule has 1 heterocycles. The summed E-state index contributed by atoms with van der Waals surface area (Å²) >= 11 is 6.03. The van der Waals surface area contributed by atoms with E-state index in [1.165, 1.54) is 0 Å². The summed E-state index contributed by atoms with van der Waals surface area (Å²) in [5.74, 6) is 6.35. The number of nitrogens with one attached hydrogen (secondary N) is 1. The number of nitrogens with two attached hydrogens (primary N) is 1. The Morgan fingerprint density at radius 1 is 1.53 bits per heavy atom. The highest BCUT2D eigenvalue weighted by Crippen LogP contribution is 2.23. The van der Waals surface area contributed by atoms with E-state index in [1.807, 2.05) is 0 Å². The van der Waals surface area contributed by atoms with Crippen molar-refractivity contribution in [2.75, 3.05) is 23.4 Å². The second kappa shape index (κ2) is 5.72. The number of rotatable bonds is 5. The zero-order valence-electron chi connectivity index (χ0n) is 9.00. The van der Waals surface area contributed by atoms with Crippen molar-refractivity contribution in [1.82, 2.24) is 9.97 Å². The molecule has 0 aliphatic carbocycles. The van der Waals surface area contributed by atoms with Crippen LogP contribution in [0.15, 0.2) is 6.20 Å². The maximum Gasteiger partial charge on any atom is 0.239 e. The molecule has 1 aromatic rings. The Hall–Kier alpha value is -1.07. The topological polar surface area (TPSA) is 67.1 Å². The van der Waals surface area contributed by atoms with Crippen LogP contribution in [-0.2, 0) is 0 Å². The highest BCUT2D eigenvalue weighted by molar-refractivity contribution is 6.32. The monoisotopic (exact) mass is 229 g/mol. The van der Waals surface area contributed by atoms with Crippen molar-refractivity contribution in [2.45, 2.75) is 20.3 Å². The minimum Gasteiger partial charge on any atom is -0.356 e. The van der Waals surface area contributed by atoms with Crippen molar-refractivity contribution < 1.29 is 0 Å². The van der Waals surface area contributed by atoms with Crippen molar-refractivity contribution in [3.63, 3.8) is 0 Å². The first-order valence-corrected chi connectivity index (χ1v) is 5.34. The zero-order valence-corrected chi connectivity index (χ0v) is 9.75. The second-order valence-corrected chi connectivity index (χ2v) is 3.50. The average Bonchev–Trinajstić information content (AvgIpc) is 2.27. The van der Waals surface area contributed by atoms with Gasteiger partial charge < -0.3 is 4.90 Å². The molecule has 1 aromatic heterocycles. The molecule has 0 aromatic carbocycles. The van der Waals surface area contributed by atoms with Gasteiger partial charge in [-0.25, -0.2) is 10.8 Å². The summed E-state index contributed by atoms with van der Waals surface area (Å²) in [4.78, 5) is 10.2. The van der Waals surface area contributed by atoms with Gasteiger partial charge in [0.25, 0.3) is 0 Å². The summed E-state index contributed by atoms with van der Waals surface area (Å²) in [5, 5.41) is 0.546. The van der Waals surface area contributed by atoms with Crippen LogP contribution in [0.3, 0.4) is 0 Å². The summed E-state index contributed by atoms with van der Waals surface area (Å²) in [6.45, 7) is 5.94. The lowest BCUT2D eigenvalue weighted by molar-refractivity contribution is 0.777. The van der Waals surface area contributed by atoms with Crippen molar-refractivity contribution >= 4 is 23.4 Å². The molecule has 0 amide bonds. The molecule has 3 N–H and O–H groups in total. The van der Waals surface area contributed by atoms with E-state index in [-0.39, 0.29) is 0 Å². The van der Waals surface area contributed by atoms with Crippen LogP contribution >= 0.6 is 11.6 Å². The molecule has 15 heavy (non-hydrogen) atoms.